The average molecular weight is 210 g/mol. The van der Waals surface area contributed by atoms with Gasteiger partial charge in [-0.15, -0.1) is 0 Å². The van der Waals surface area contributed by atoms with Crippen LogP contribution in [0.5, 0.6) is 0 Å². The molecule has 1 atom stereocenters. The number of hydrogen-bond donors (Lipinski definition) is 0. The monoisotopic (exact) mass is 210 g/mol. The number of hydrogen-bond acceptors (Lipinski definition) is 0. The summed E-state index contributed by atoms with van der Waals surface area (Å²) in [6, 6.07) is 8.71. The molecule has 0 bridgehead atoms. The van der Waals surface area contributed by atoms with Crippen molar-refractivity contribution in [1.29, 1.82) is 0 Å². The van der Waals surface area contributed by atoms with Crippen LogP contribution in [0.3, 0.4) is 0 Å². The van der Waals surface area contributed by atoms with E-state index >= 15 is 0 Å². The molecule has 0 aliphatic carbocycles. The number of benzene rings is 1. The molecule has 60 valence electrons. The molecule has 1 aromatic rings. The summed E-state index contributed by atoms with van der Waals surface area (Å²) < 4.78 is 1.49. The van der Waals surface area contributed by atoms with Gasteiger partial charge in [-0.2, -0.15) is 0 Å². The first-order chi connectivity index (χ1) is 5.34. The molecule has 0 fully saturated rings. The van der Waals surface area contributed by atoms with Gasteiger partial charge in [0.25, 0.3) is 0 Å². The summed E-state index contributed by atoms with van der Waals surface area (Å²) in [5.41, 5.74) is 1.54. The molecule has 0 radical (unpaired) electrons. The Balaban J connectivity index is 2.62. The van der Waals surface area contributed by atoms with Gasteiger partial charge in [0.1, 0.15) is 0 Å². The van der Waals surface area contributed by atoms with E-state index in [9.17, 15) is 0 Å². The average Bonchev–Trinajstić information content (AvgIpc) is 2.03. The Kier molecular flexibility index (Phi) is 3.72. The summed E-state index contributed by atoms with van der Waals surface area (Å²) in [4.78, 5) is 0. The van der Waals surface area contributed by atoms with Crippen molar-refractivity contribution in [2.45, 2.75) is 26.2 Å². The van der Waals surface area contributed by atoms with Crippen LogP contribution in [0.1, 0.15) is 25.3 Å². The fourth-order valence-corrected chi connectivity index (χ4v) is 1.87. The minimum atomic E-state index is 1.25. The molecule has 0 aromatic heterocycles. The van der Waals surface area contributed by atoms with Crippen LogP contribution in [0, 0.1) is 0 Å². The predicted octanol–water partition coefficient (Wildman–Crippen LogP) is 1.29. The van der Waals surface area contributed by atoms with Crippen molar-refractivity contribution < 1.29 is 0 Å². The van der Waals surface area contributed by atoms with Crippen LogP contribution in [0.2, 0.25) is 0 Å². The van der Waals surface area contributed by atoms with Gasteiger partial charge < -0.3 is 0 Å². The van der Waals surface area contributed by atoms with E-state index in [1.54, 1.807) is 16.9 Å². The molecule has 1 unspecified atom stereocenters. The third-order valence-corrected chi connectivity index (χ3v) is 3.04. The van der Waals surface area contributed by atoms with E-state index in [4.69, 9.17) is 0 Å². The Hall–Kier alpha value is -0.222. The van der Waals surface area contributed by atoms with Gasteiger partial charge in [0, 0.05) is 0 Å². The molecule has 11 heavy (non-hydrogen) atoms. The van der Waals surface area contributed by atoms with E-state index in [2.05, 4.69) is 31.2 Å². The van der Waals surface area contributed by atoms with Crippen molar-refractivity contribution in [3.63, 3.8) is 0 Å². The second kappa shape index (κ2) is 4.61. The molecule has 1 rings (SSSR count). The first kappa shape index (κ1) is 8.87. The summed E-state index contributed by atoms with van der Waals surface area (Å²) in [6.07, 6.45) is 3.87. The Bertz CT molecular complexity index is 218. The van der Waals surface area contributed by atoms with Crippen LogP contribution in [-0.2, 0) is 6.42 Å². The molecule has 0 N–H and O–H groups in total. The Morgan fingerprint density at radius 2 is 2.00 bits per heavy atom. The van der Waals surface area contributed by atoms with Crippen LogP contribution in [0.25, 0.3) is 0 Å². The zero-order valence-corrected chi connectivity index (χ0v) is 9.43. The summed E-state index contributed by atoms with van der Waals surface area (Å²) in [5, 5.41) is 0. The molecule has 0 nitrogen and oxygen atoms in total. The normalized spacial score (nSPS) is 10.0. The maximum absolute atomic E-state index is 2.24. The van der Waals surface area contributed by atoms with Crippen molar-refractivity contribution in [3.05, 3.63) is 29.8 Å². The molecule has 1 aromatic carbocycles. The minimum absolute atomic E-state index is 1.25. The molecule has 0 saturated carbocycles. The first-order valence-corrected chi connectivity index (χ1v) is 5.39. The topological polar surface area (TPSA) is 0 Å². The van der Waals surface area contributed by atoms with Crippen LogP contribution in [-0.4, -0.2) is 16.9 Å². The van der Waals surface area contributed by atoms with Gasteiger partial charge in [0.15, 0.2) is 0 Å². The van der Waals surface area contributed by atoms with E-state index in [-0.39, 0.29) is 0 Å². The van der Waals surface area contributed by atoms with Crippen LogP contribution >= 0.6 is 0 Å². The van der Waals surface area contributed by atoms with Crippen LogP contribution < -0.4 is 4.35 Å². The van der Waals surface area contributed by atoms with Crippen molar-refractivity contribution in [3.8, 4) is 0 Å². The first-order valence-electron chi connectivity index (χ1n) is 4.18. The molecule has 0 heterocycles. The summed E-state index contributed by atoms with van der Waals surface area (Å²) in [7, 11) is 0. The van der Waals surface area contributed by atoms with E-state index in [0.29, 0.717) is 0 Å². The number of rotatable bonds is 3. The Labute approximate surface area is 77.5 Å². The fraction of sp³-hybridized carbons (Fsp3) is 0.400. The van der Waals surface area contributed by atoms with Crippen molar-refractivity contribution >= 4 is 21.2 Å². The standard InChI is InChI=1S/C10H15As/c1-2-3-6-9-7-4-5-8-10(9)11/h4-5,7-8H,2-3,6,11H2,1H3. The molecule has 0 aliphatic rings. The van der Waals surface area contributed by atoms with E-state index in [1.807, 2.05) is 0 Å². The quantitative estimate of drug-likeness (QED) is 0.659. The zero-order chi connectivity index (χ0) is 8.10. The number of unbranched alkanes of at least 4 members (excludes halogenated alkanes) is 1. The van der Waals surface area contributed by atoms with E-state index < -0.39 is 0 Å². The van der Waals surface area contributed by atoms with E-state index in [0.717, 1.165) is 0 Å². The molecule has 0 spiro atoms. The summed E-state index contributed by atoms with van der Waals surface area (Å²) in [6.45, 7) is 2.24. The van der Waals surface area contributed by atoms with Gasteiger partial charge in [-0.25, -0.2) is 0 Å². The van der Waals surface area contributed by atoms with Crippen LogP contribution in [0.15, 0.2) is 24.3 Å². The van der Waals surface area contributed by atoms with Gasteiger partial charge in [-0.3, -0.25) is 0 Å². The summed E-state index contributed by atoms with van der Waals surface area (Å²) in [5.74, 6) is 0. The molecular weight excluding hydrogens is 195 g/mol. The maximum atomic E-state index is 2.24. The number of aryl methyl sites for hydroxylation is 1. The molecule has 0 amide bonds. The van der Waals surface area contributed by atoms with Gasteiger partial charge in [0.05, 0.1) is 0 Å². The second-order valence-corrected chi connectivity index (χ2v) is 4.11. The fourth-order valence-electron chi connectivity index (χ4n) is 1.13. The van der Waals surface area contributed by atoms with Gasteiger partial charge >= 0.3 is 77.2 Å². The van der Waals surface area contributed by atoms with Crippen LogP contribution in [0.4, 0.5) is 0 Å². The Morgan fingerprint density at radius 3 is 2.64 bits per heavy atom. The predicted molar refractivity (Wildman–Crippen MR) is 53.2 cm³/mol. The molecule has 0 aliphatic heterocycles. The van der Waals surface area contributed by atoms with Gasteiger partial charge in [-0.1, -0.05) is 0 Å². The zero-order valence-electron chi connectivity index (χ0n) is 7.01. The van der Waals surface area contributed by atoms with Gasteiger partial charge in [-0.05, 0) is 0 Å². The molecule has 1 heteroatoms. The Morgan fingerprint density at radius 1 is 1.27 bits per heavy atom. The third-order valence-electron chi connectivity index (χ3n) is 1.85. The molecule has 0 saturated heterocycles. The second-order valence-electron chi connectivity index (χ2n) is 2.80. The van der Waals surface area contributed by atoms with Gasteiger partial charge in [0.2, 0.25) is 0 Å². The molecular formula is C10H15As. The van der Waals surface area contributed by atoms with Crippen molar-refractivity contribution in [2.24, 2.45) is 0 Å². The summed E-state index contributed by atoms with van der Waals surface area (Å²) >= 11 is 1.74. The third kappa shape index (κ3) is 2.71. The SMILES string of the molecule is CCCCc1ccccc1[AsH2]. The van der Waals surface area contributed by atoms with E-state index in [1.165, 1.54) is 29.2 Å². The van der Waals surface area contributed by atoms with Crippen molar-refractivity contribution in [2.75, 3.05) is 0 Å². The van der Waals surface area contributed by atoms with Crippen molar-refractivity contribution in [1.82, 2.24) is 0 Å².